The fourth-order valence-corrected chi connectivity index (χ4v) is 3.37. The van der Waals surface area contributed by atoms with Crippen molar-refractivity contribution in [3.05, 3.63) is 46.8 Å². The molecule has 0 radical (unpaired) electrons. The van der Waals surface area contributed by atoms with Gasteiger partial charge in [0.2, 0.25) is 5.82 Å². The van der Waals surface area contributed by atoms with Gasteiger partial charge in [-0.25, -0.2) is 19.9 Å². The minimum Gasteiger partial charge on any atom is -0.343 e. The summed E-state index contributed by atoms with van der Waals surface area (Å²) in [5, 5.41) is 0. The van der Waals surface area contributed by atoms with Gasteiger partial charge in [-0.3, -0.25) is 4.79 Å². The van der Waals surface area contributed by atoms with Gasteiger partial charge in [0, 0.05) is 31.7 Å². The maximum atomic E-state index is 12.5. The van der Waals surface area contributed by atoms with Crippen molar-refractivity contribution in [2.45, 2.75) is 18.8 Å². The van der Waals surface area contributed by atoms with E-state index in [1.54, 1.807) is 24.9 Å². The van der Waals surface area contributed by atoms with E-state index in [2.05, 4.69) is 40.8 Å². The van der Waals surface area contributed by atoms with Crippen LogP contribution in [0.15, 0.2) is 35.5 Å². The normalized spacial score (nSPS) is 15.8. The molecule has 1 fully saturated rings. The fraction of sp³-hybridized carbons (Fsp3) is 0.312. The average Bonchev–Trinajstić information content (AvgIpc) is 3.11. The third kappa shape index (κ3) is 2.77. The summed E-state index contributed by atoms with van der Waals surface area (Å²) in [6.45, 7) is 1.39. The van der Waals surface area contributed by atoms with Crippen LogP contribution in [0.1, 0.15) is 34.9 Å². The first-order chi connectivity index (χ1) is 11.7. The van der Waals surface area contributed by atoms with Gasteiger partial charge in [0.25, 0.3) is 5.91 Å². The van der Waals surface area contributed by atoms with Crippen LogP contribution >= 0.6 is 15.9 Å². The summed E-state index contributed by atoms with van der Waals surface area (Å²) >= 11 is 3.28. The first kappa shape index (κ1) is 15.2. The molecular formula is C16H15BrN6O. The number of hydrogen-bond acceptors (Lipinski definition) is 5. The van der Waals surface area contributed by atoms with Crippen LogP contribution < -0.4 is 0 Å². The van der Waals surface area contributed by atoms with E-state index < -0.39 is 0 Å². The Labute approximate surface area is 146 Å². The minimum atomic E-state index is -0.109. The molecule has 1 N–H and O–H groups in total. The summed E-state index contributed by atoms with van der Waals surface area (Å²) in [5.74, 6) is 0.532. The molecule has 0 unspecified atom stereocenters. The summed E-state index contributed by atoms with van der Waals surface area (Å²) < 4.78 is 0.763. The van der Waals surface area contributed by atoms with E-state index in [9.17, 15) is 4.79 Å². The second-order valence-corrected chi connectivity index (χ2v) is 6.71. The summed E-state index contributed by atoms with van der Waals surface area (Å²) in [6, 6.07) is 2.04. The van der Waals surface area contributed by atoms with Gasteiger partial charge in [-0.2, -0.15) is 0 Å². The zero-order valence-corrected chi connectivity index (χ0v) is 14.4. The standard InChI is InChI=1S/C16H15BrN6O/c17-11-7-19-15(20-8-11)16(24)23-5-2-10(3-6-23)12-1-4-18-14-13(12)21-9-22-14/h1,4,7-10H,2-3,5-6H2,(H,18,21,22). The Morgan fingerprint density at radius 1 is 1.17 bits per heavy atom. The Hall–Kier alpha value is -2.35. The molecule has 3 aromatic rings. The van der Waals surface area contributed by atoms with Crippen molar-refractivity contribution in [3.8, 4) is 0 Å². The molecule has 4 rings (SSSR count). The Bertz CT molecular complexity index is 870. The Balaban J connectivity index is 1.48. The second kappa shape index (κ2) is 6.27. The van der Waals surface area contributed by atoms with Gasteiger partial charge in [-0.1, -0.05) is 0 Å². The third-order valence-corrected chi connectivity index (χ3v) is 4.80. The molecular weight excluding hydrogens is 372 g/mol. The largest absolute Gasteiger partial charge is 0.343 e. The van der Waals surface area contributed by atoms with E-state index in [1.807, 2.05) is 11.0 Å². The number of piperidine rings is 1. The van der Waals surface area contributed by atoms with Crippen LogP contribution in [0, 0.1) is 0 Å². The van der Waals surface area contributed by atoms with Crippen LogP contribution in [0.3, 0.4) is 0 Å². The van der Waals surface area contributed by atoms with Crippen LogP contribution in [0.5, 0.6) is 0 Å². The maximum absolute atomic E-state index is 12.5. The lowest BCUT2D eigenvalue weighted by Crippen LogP contribution is -2.38. The van der Waals surface area contributed by atoms with Crippen molar-refractivity contribution in [2.24, 2.45) is 0 Å². The molecule has 1 saturated heterocycles. The van der Waals surface area contributed by atoms with Crippen LogP contribution in [0.25, 0.3) is 11.2 Å². The van der Waals surface area contributed by atoms with Crippen LogP contribution in [-0.4, -0.2) is 48.8 Å². The third-order valence-electron chi connectivity index (χ3n) is 4.39. The smallest absolute Gasteiger partial charge is 0.291 e. The van der Waals surface area contributed by atoms with Crippen LogP contribution in [-0.2, 0) is 0 Å². The predicted octanol–water partition coefficient (Wildman–Crippen LogP) is 2.53. The highest BCUT2D eigenvalue weighted by atomic mass is 79.9. The number of carbonyl (C=O) groups is 1. The number of rotatable bonds is 2. The van der Waals surface area contributed by atoms with Crippen molar-refractivity contribution in [2.75, 3.05) is 13.1 Å². The number of fused-ring (bicyclic) bond motifs is 1. The maximum Gasteiger partial charge on any atom is 0.291 e. The summed E-state index contributed by atoms with van der Waals surface area (Å²) in [6.07, 6.45) is 8.47. The number of nitrogens with one attached hydrogen (secondary N) is 1. The van der Waals surface area contributed by atoms with Crippen molar-refractivity contribution in [3.63, 3.8) is 0 Å². The van der Waals surface area contributed by atoms with Crippen molar-refractivity contribution in [1.29, 1.82) is 0 Å². The van der Waals surface area contributed by atoms with E-state index in [4.69, 9.17) is 0 Å². The van der Waals surface area contributed by atoms with Crippen LogP contribution in [0.4, 0.5) is 0 Å². The van der Waals surface area contributed by atoms with E-state index in [0.29, 0.717) is 19.0 Å². The monoisotopic (exact) mass is 386 g/mol. The van der Waals surface area contributed by atoms with Gasteiger partial charge in [0.1, 0.15) is 0 Å². The topological polar surface area (TPSA) is 87.7 Å². The minimum absolute atomic E-state index is 0.109. The number of H-pyrrole nitrogens is 1. The number of aromatic amines is 1. The number of pyridine rings is 1. The van der Waals surface area contributed by atoms with Gasteiger partial charge in [-0.15, -0.1) is 0 Å². The molecule has 1 aliphatic rings. The molecule has 0 aromatic carbocycles. The summed E-state index contributed by atoms with van der Waals surface area (Å²) in [7, 11) is 0. The number of aromatic nitrogens is 5. The van der Waals surface area contributed by atoms with Crippen molar-refractivity contribution in [1.82, 2.24) is 29.8 Å². The Morgan fingerprint density at radius 2 is 1.92 bits per heavy atom. The van der Waals surface area contributed by atoms with Gasteiger partial charge in [0.15, 0.2) is 5.65 Å². The highest BCUT2D eigenvalue weighted by Crippen LogP contribution is 2.31. The molecule has 4 heterocycles. The fourth-order valence-electron chi connectivity index (χ4n) is 3.17. The van der Waals surface area contributed by atoms with E-state index in [0.717, 1.165) is 28.5 Å². The lowest BCUT2D eigenvalue weighted by molar-refractivity contribution is 0.0700. The zero-order chi connectivity index (χ0) is 16.5. The average molecular weight is 387 g/mol. The molecule has 3 aromatic heterocycles. The number of hydrogen-bond donors (Lipinski definition) is 1. The molecule has 7 nitrogen and oxygen atoms in total. The van der Waals surface area contributed by atoms with E-state index >= 15 is 0 Å². The van der Waals surface area contributed by atoms with Crippen molar-refractivity contribution >= 4 is 33.0 Å². The van der Waals surface area contributed by atoms with Gasteiger partial charge in [0.05, 0.1) is 16.3 Å². The molecule has 0 saturated carbocycles. The SMILES string of the molecule is O=C(c1ncc(Br)cn1)N1CCC(c2ccnc3nc[nH]c23)CC1. The number of likely N-dealkylation sites (tertiary alicyclic amines) is 1. The van der Waals surface area contributed by atoms with Gasteiger partial charge < -0.3 is 9.88 Å². The summed E-state index contributed by atoms with van der Waals surface area (Å²) in [5.41, 5.74) is 2.97. The quantitative estimate of drug-likeness (QED) is 0.730. The molecule has 24 heavy (non-hydrogen) atoms. The molecule has 1 aliphatic heterocycles. The molecule has 122 valence electrons. The molecule has 0 aliphatic carbocycles. The number of carbonyl (C=O) groups excluding carboxylic acids is 1. The van der Waals surface area contributed by atoms with Crippen LogP contribution in [0.2, 0.25) is 0 Å². The number of nitrogens with zero attached hydrogens (tertiary/aromatic N) is 5. The van der Waals surface area contributed by atoms with Crippen molar-refractivity contribution < 1.29 is 4.79 Å². The first-order valence-electron chi connectivity index (χ1n) is 7.77. The molecule has 0 bridgehead atoms. The molecule has 0 atom stereocenters. The lowest BCUT2D eigenvalue weighted by Gasteiger charge is -2.31. The first-order valence-corrected chi connectivity index (χ1v) is 8.56. The predicted molar refractivity (Wildman–Crippen MR) is 91.5 cm³/mol. The highest BCUT2D eigenvalue weighted by molar-refractivity contribution is 9.10. The summed E-state index contributed by atoms with van der Waals surface area (Å²) in [4.78, 5) is 34.1. The Kier molecular flexibility index (Phi) is 3.97. The zero-order valence-electron chi connectivity index (χ0n) is 12.8. The van der Waals surface area contributed by atoms with E-state index in [1.165, 1.54) is 5.56 Å². The molecule has 1 amide bonds. The molecule has 8 heteroatoms. The highest BCUT2D eigenvalue weighted by Gasteiger charge is 2.27. The Morgan fingerprint density at radius 3 is 2.67 bits per heavy atom. The number of amides is 1. The van der Waals surface area contributed by atoms with E-state index in [-0.39, 0.29) is 11.7 Å². The molecule has 0 spiro atoms. The second-order valence-electron chi connectivity index (χ2n) is 5.79. The number of imidazole rings is 1. The van der Waals surface area contributed by atoms with Gasteiger partial charge in [-0.05, 0) is 46.3 Å². The van der Waals surface area contributed by atoms with Gasteiger partial charge >= 0.3 is 0 Å². The lowest BCUT2D eigenvalue weighted by atomic mass is 9.89. The number of halogens is 1.